The van der Waals surface area contributed by atoms with Crippen molar-refractivity contribution in [2.45, 2.75) is 17.7 Å². The monoisotopic (exact) mass is 479 g/mol. The van der Waals surface area contributed by atoms with Gasteiger partial charge in [-0.15, -0.1) is 10.2 Å². The van der Waals surface area contributed by atoms with Crippen molar-refractivity contribution in [3.63, 3.8) is 0 Å². The summed E-state index contributed by atoms with van der Waals surface area (Å²) in [6, 6.07) is 12.6. The van der Waals surface area contributed by atoms with Crippen LogP contribution in [0.25, 0.3) is 0 Å². The summed E-state index contributed by atoms with van der Waals surface area (Å²) in [5, 5.41) is 12.8. The fourth-order valence-electron chi connectivity index (χ4n) is 2.47. The van der Waals surface area contributed by atoms with Crippen molar-refractivity contribution in [1.82, 2.24) is 15.5 Å². The van der Waals surface area contributed by atoms with Crippen molar-refractivity contribution in [3.8, 4) is 0 Å². The molecule has 0 radical (unpaired) electrons. The van der Waals surface area contributed by atoms with Crippen LogP contribution in [0.4, 0.5) is 10.8 Å². The molecule has 0 atom stereocenters. The van der Waals surface area contributed by atoms with Crippen LogP contribution in [0.3, 0.4) is 0 Å². The average molecular weight is 480 g/mol. The second-order valence-corrected chi connectivity index (χ2v) is 9.45. The second-order valence-electron chi connectivity index (χ2n) is 6.21. The Hall–Kier alpha value is -3.02. The van der Waals surface area contributed by atoms with Crippen LogP contribution in [0, 0.1) is 0 Å². The van der Waals surface area contributed by atoms with Crippen LogP contribution in [0.2, 0.25) is 5.02 Å². The van der Waals surface area contributed by atoms with E-state index >= 15 is 0 Å². The third-order valence-electron chi connectivity index (χ3n) is 3.93. The Morgan fingerprint density at radius 1 is 1.00 bits per heavy atom. The van der Waals surface area contributed by atoms with Crippen LogP contribution in [-0.4, -0.2) is 37.0 Å². The highest BCUT2D eigenvalue weighted by molar-refractivity contribution is 7.94. The molecule has 3 N–H and O–H groups in total. The minimum atomic E-state index is -4.14. The molecule has 12 heteroatoms. The molecule has 3 rings (SSSR count). The first-order chi connectivity index (χ1) is 14.8. The number of hydrogen-bond donors (Lipinski definition) is 3. The molecule has 0 fully saturated rings. The number of benzene rings is 2. The van der Waals surface area contributed by atoms with Crippen molar-refractivity contribution in [2.24, 2.45) is 0 Å². The molecule has 1 aromatic heterocycles. The molecular weight excluding hydrogens is 462 g/mol. The first-order valence-corrected chi connectivity index (χ1v) is 11.8. The van der Waals surface area contributed by atoms with Crippen molar-refractivity contribution >= 4 is 55.6 Å². The van der Waals surface area contributed by atoms with E-state index in [0.29, 0.717) is 17.9 Å². The minimum absolute atomic E-state index is 0.0146. The molecule has 0 aliphatic carbocycles. The highest BCUT2D eigenvalue weighted by Crippen LogP contribution is 2.25. The van der Waals surface area contributed by atoms with Gasteiger partial charge in [-0.3, -0.25) is 19.6 Å². The van der Waals surface area contributed by atoms with Gasteiger partial charge in [-0.25, -0.2) is 0 Å². The average Bonchev–Trinajstić information content (AvgIpc) is 3.22. The number of carbonyl (C=O) groups is 2. The zero-order chi connectivity index (χ0) is 22.4. The largest absolute Gasteiger partial charge is 0.352 e. The maximum atomic E-state index is 12.7. The lowest BCUT2D eigenvalue weighted by Crippen LogP contribution is -2.25. The maximum absolute atomic E-state index is 12.7. The van der Waals surface area contributed by atoms with Gasteiger partial charge >= 0.3 is 0 Å². The molecule has 162 valence electrons. The van der Waals surface area contributed by atoms with E-state index in [1.807, 2.05) is 6.92 Å². The molecular formula is C19H18ClN5O4S2. The first-order valence-electron chi connectivity index (χ1n) is 9.11. The van der Waals surface area contributed by atoms with Crippen LogP contribution >= 0.6 is 22.9 Å². The van der Waals surface area contributed by atoms with E-state index in [1.54, 1.807) is 30.3 Å². The zero-order valence-corrected chi connectivity index (χ0v) is 18.6. The Kier molecular flexibility index (Phi) is 7.21. The first kappa shape index (κ1) is 22.7. The topological polar surface area (TPSA) is 130 Å². The van der Waals surface area contributed by atoms with Gasteiger partial charge in [-0.05, 0) is 30.7 Å². The predicted octanol–water partition coefficient (Wildman–Crippen LogP) is 3.38. The number of rotatable bonds is 8. The summed E-state index contributed by atoms with van der Waals surface area (Å²) in [7, 11) is -4.14. The van der Waals surface area contributed by atoms with E-state index in [4.69, 9.17) is 11.6 Å². The summed E-state index contributed by atoms with van der Waals surface area (Å²) in [5.74, 6) is -0.943. The van der Waals surface area contributed by atoms with Crippen LogP contribution in [0.15, 0.2) is 52.9 Å². The van der Waals surface area contributed by atoms with Crippen molar-refractivity contribution in [2.75, 3.05) is 16.6 Å². The molecule has 0 saturated carbocycles. The Labute approximate surface area is 187 Å². The summed E-state index contributed by atoms with van der Waals surface area (Å²) in [4.78, 5) is 24.6. The number of nitrogens with zero attached hydrogens (tertiary/aromatic N) is 2. The molecule has 2 aromatic carbocycles. The summed E-state index contributed by atoms with van der Waals surface area (Å²) in [6.07, 6.45) is 0.743. The van der Waals surface area contributed by atoms with Crippen LogP contribution in [0.5, 0.6) is 0 Å². The normalized spacial score (nSPS) is 11.0. The lowest BCUT2D eigenvalue weighted by atomic mass is 10.1. The van der Waals surface area contributed by atoms with Gasteiger partial charge in [0.25, 0.3) is 26.2 Å². The molecule has 0 aliphatic heterocycles. The van der Waals surface area contributed by atoms with Crippen molar-refractivity contribution in [3.05, 3.63) is 64.7 Å². The third-order valence-corrected chi connectivity index (χ3v) is 6.83. The Morgan fingerprint density at radius 2 is 1.68 bits per heavy atom. The van der Waals surface area contributed by atoms with Gasteiger partial charge in [0, 0.05) is 6.54 Å². The molecule has 31 heavy (non-hydrogen) atoms. The minimum Gasteiger partial charge on any atom is -0.352 e. The fraction of sp³-hybridized carbons (Fsp3) is 0.158. The molecule has 0 saturated heterocycles. The van der Waals surface area contributed by atoms with Gasteiger partial charge in [0.15, 0.2) is 0 Å². The van der Waals surface area contributed by atoms with Crippen molar-refractivity contribution < 1.29 is 18.0 Å². The highest BCUT2D eigenvalue weighted by Gasteiger charge is 2.24. The van der Waals surface area contributed by atoms with Gasteiger partial charge in [-0.1, -0.05) is 54.1 Å². The number of carbonyl (C=O) groups excluding carboxylic acids is 2. The standard InChI is InChI=1S/C19H18ClN5O4S2/c1-2-11-21-16(26)13-8-4-6-10-15(13)25-31(28,29)19-24-23-18(30-19)22-17(27)12-7-3-5-9-14(12)20/h3-10,25H,2,11H2,1H3,(H,21,26)(H,22,23,27). The number of para-hydroxylation sites is 1. The number of halogens is 1. The quantitative estimate of drug-likeness (QED) is 0.424. The molecule has 0 unspecified atom stereocenters. The number of aromatic nitrogens is 2. The summed E-state index contributed by atoms with van der Waals surface area (Å²) in [5.41, 5.74) is 0.498. The molecule has 3 aromatic rings. The second kappa shape index (κ2) is 9.86. The summed E-state index contributed by atoms with van der Waals surface area (Å²) < 4.78 is 27.5. The Bertz CT molecular complexity index is 1210. The number of anilines is 2. The van der Waals surface area contributed by atoms with Gasteiger partial charge in [0.2, 0.25) is 5.13 Å². The van der Waals surface area contributed by atoms with E-state index in [1.165, 1.54) is 18.2 Å². The predicted molar refractivity (Wildman–Crippen MR) is 119 cm³/mol. The number of hydrogen-bond acceptors (Lipinski definition) is 7. The van der Waals surface area contributed by atoms with E-state index in [0.717, 1.165) is 6.42 Å². The van der Waals surface area contributed by atoms with Crippen LogP contribution < -0.4 is 15.4 Å². The van der Waals surface area contributed by atoms with E-state index < -0.39 is 21.8 Å². The maximum Gasteiger partial charge on any atom is 0.291 e. The van der Waals surface area contributed by atoms with Gasteiger partial charge < -0.3 is 5.32 Å². The number of sulfonamides is 1. The third kappa shape index (κ3) is 5.57. The van der Waals surface area contributed by atoms with E-state index in [9.17, 15) is 18.0 Å². The molecule has 1 heterocycles. The molecule has 0 aliphatic rings. The SMILES string of the molecule is CCCNC(=O)c1ccccc1NS(=O)(=O)c1nnc(NC(=O)c2ccccc2Cl)s1. The lowest BCUT2D eigenvalue weighted by molar-refractivity contribution is 0.0953. The fourth-order valence-corrected chi connectivity index (χ4v) is 4.67. The smallest absolute Gasteiger partial charge is 0.291 e. The Balaban J connectivity index is 1.77. The molecule has 0 spiro atoms. The van der Waals surface area contributed by atoms with Gasteiger partial charge in [0.05, 0.1) is 21.8 Å². The Morgan fingerprint density at radius 3 is 2.39 bits per heavy atom. The number of amides is 2. The number of nitrogens with one attached hydrogen (secondary N) is 3. The van der Waals surface area contributed by atoms with Crippen LogP contribution in [-0.2, 0) is 10.0 Å². The summed E-state index contributed by atoms with van der Waals surface area (Å²) in [6.45, 7) is 2.37. The molecule has 0 bridgehead atoms. The molecule has 9 nitrogen and oxygen atoms in total. The van der Waals surface area contributed by atoms with E-state index in [2.05, 4.69) is 25.6 Å². The summed E-state index contributed by atoms with van der Waals surface area (Å²) >= 11 is 6.66. The molecule has 2 amide bonds. The zero-order valence-electron chi connectivity index (χ0n) is 16.3. The van der Waals surface area contributed by atoms with Crippen molar-refractivity contribution in [1.29, 1.82) is 0 Å². The van der Waals surface area contributed by atoms with Crippen LogP contribution in [0.1, 0.15) is 34.1 Å². The van der Waals surface area contributed by atoms with Gasteiger partial charge in [0.1, 0.15) is 0 Å². The van der Waals surface area contributed by atoms with E-state index in [-0.39, 0.29) is 31.3 Å². The van der Waals surface area contributed by atoms with Gasteiger partial charge in [-0.2, -0.15) is 8.42 Å². The lowest BCUT2D eigenvalue weighted by Gasteiger charge is -2.11. The highest BCUT2D eigenvalue weighted by atomic mass is 35.5.